The Bertz CT molecular complexity index is 591. The highest BCUT2D eigenvalue weighted by molar-refractivity contribution is 7.86. The third-order valence-corrected chi connectivity index (χ3v) is 3.52. The summed E-state index contributed by atoms with van der Waals surface area (Å²) < 4.78 is 33.4. The number of morpholine rings is 1. The maximum absolute atomic E-state index is 11.4. The second-order valence-corrected chi connectivity index (χ2v) is 6.21. The van der Waals surface area contributed by atoms with Crippen LogP contribution in [0.2, 0.25) is 0 Å². The monoisotopic (exact) mass is 316 g/mol. The number of amides is 1. The molecular formula is C12H16N2O6S. The molecule has 1 N–H and O–H groups in total. The van der Waals surface area contributed by atoms with Crippen LogP contribution in [0.1, 0.15) is 11.8 Å². The van der Waals surface area contributed by atoms with E-state index in [9.17, 15) is 13.2 Å². The number of carbonyl (C=O) groups is 1. The van der Waals surface area contributed by atoms with Crippen molar-refractivity contribution in [2.45, 2.75) is 12.2 Å². The number of carboxylic acid groups (broad SMARTS) is 1. The van der Waals surface area contributed by atoms with Crippen molar-refractivity contribution in [3.05, 3.63) is 30.1 Å². The minimum absolute atomic E-state index is 0.0199. The molecule has 8 nitrogen and oxygen atoms in total. The van der Waals surface area contributed by atoms with Gasteiger partial charge in [0.05, 0.1) is 25.1 Å². The molecule has 116 valence electrons. The van der Waals surface area contributed by atoms with E-state index in [0.717, 1.165) is 11.2 Å². The predicted molar refractivity (Wildman–Crippen MR) is 72.2 cm³/mol. The molecule has 9 heteroatoms. The molecule has 2 heterocycles. The van der Waals surface area contributed by atoms with Gasteiger partial charge in [0.25, 0.3) is 10.1 Å². The fourth-order valence-electron chi connectivity index (χ4n) is 2.07. The maximum Gasteiger partial charge on any atom is 0.407 e. The van der Waals surface area contributed by atoms with Crippen LogP contribution in [0.4, 0.5) is 4.79 Å². The van der Waals surface area contributed by atoms with Crippen LogP contribution < -0.4 is 0 Å². The Hall–Kier alpha value is -1.71. The van der Waals surface area contributed by atoms with E-state index in [1.807, 2.05) is 0 Å². The lowest BCUT2D eigenvalue weighted by Gasteiger charge is -2.34. The summed E-state index contributed by atoms with van der Waals surface area (Å²) >= 11 is 0. The van der Waals surface area contributed by atoms with Crippen molar-refractivity contribution >= 4 is 16.2 Å². The second-order valence-electron chi connectivity index (χ2n) is 4.61. The van der Waals surface area contributed by atoms with Crippen LogP contribution in [-0.4, -0.2) is 61.6 Å². The van der Waals surface area contributed by atoms with E-state index >= 15 is 0 Å². The summed E-state index contributed by atoms with van der Waals surface area (Å²) in [6, 6.07) is 4.99. The highest BCUT2D eigenvalue weighted by atomic mass is 32.2. The number of nitrogens with zero attached hydrogens (tertiary/aromatic N) is 2. The normalized spacial score (nSPS) is 21.0. The number of rotatable bonds is 4. The standard InChI is InChI=1S/C12H16N2O6S/c1-21(17,18)20-11(9-4-2-3-5-13-9)10-8-14(12(15)16)6-7-19-10/h2-5,10-11H,6-8H2,1H3,(H,15,16)/t10-,11+/m0/s1. The van der Waals surface area contributed by atoms with Crippen molar-refractivity contribution in [1.29, 1.82) is 0 Å². The van der Waals surface area contributed by atoms with Gasteiger partial charge in [-0.1, -0.05) is 6.07 Å². The third kappa shape index (κ3) is 4.38. The highest BCUT2D eigenvalue weighted by Gasteiger charge is 2.34. The maximum atomic E-state index is 11.4. The lowest BCUT2D eigenvalue weighted by Crippen LogP contribution is -2.48. The van der Waals surface area contributed by atoms with Crippen molar-refractivity contribution < 1.29 is 27.2 Å². The van der Waals surface area contributed by atoms with Crippen LogP contribution in [0.25, 0.3) is 0 Å². The molecule has 0 aliphatic carbocycles. The van der Waals surface area contributed by atoms with Gasteiger partial charge in [0.2, 0.25) is 0 Å². The van der Waals surface area contributed by atoms with Gasteiger partial charge >= 0.3 is 6.09 Å². The van der Waals surface area contributed by atoms with Gasteiger partial charge in [0.1, 0.15) is 12.2 Å². The van der Waals surface area contributed by atoms with E-state index in [4.69, 9.17) is 14.0 Å². The van der Waals surface area contributed by atoms with E-state index in [1.165, 1.54) is 6.20 Å². The molecule has 0 radical (unpaired) electrons. The molecule has 1 fully saturated rings. The molecule has 1 aromatic heterocycles. The van der Waals surface area contributed by atoms with Gasteiger partial charge in [-0.2, -0.15) is 8.42 Å². The van der Waals surface area contributed by atoms with Crippen molar-refractivity contribution in [2.75, 3.05) is 26.0 Å². The molecule has 0 aromatic carbocycles. The third-order valence-electron chi connectivity index (χ3n) is 2.96. The topological polar surface area (TPSA) is 106 Å². The first-order valence-corrected chi connectivity index (χ1v) is 8.07. The lowest BCUT2D eigenvalue weighted by atomic mass is 10.1. The zero-order valence-corrected chi connectivity index (χ0v) is 12.2. The van der Waals surface area contributed by atoms with Crippen LogP contribution in [-0.2, 0) is 19.0 Å². The zero-order chi connectivity index (χ0) is 15.5. The van der Waals surface area contributed by atoms with Crippen LogP contribution in [0, 0.1) is 0 Å². The molecule has 0 spiro atoms. The van der Waals surface area contributed by atoms with E-state index in [0.29, 0.717) is 5.69 Å². The van der Waals surface area contributed by atoms with Gasteiger partial charge in [-0.25, -0.2) is 4.79 Å². The highest BCUT2D eigenvalue weighted by Crippen LogP contribution is 2.26. The number of aromatic nitrogens is 1. The fourth-order valence-corrected chi connectivity index (χ4v) is 2.67. The largest absolute Gasteiger partial charge is 0.465 e. The van der Waals surface area contributed by atoms with Crippen molar-refractivity contribution in [3.8, 4) is 0 Å². The van der Waals surface area contributed by atoms with E-state index in [-0.39, 0.29) is 19.7 Å². The summed E-state index contributed by atoms with van der Waals surface area (Å²) in [4.78, 5) is 16.3. The molecule has 2 rings (SSSR count). The van der Waals surface area contributed by atoms with E-state index in [1.54, 1.807) is 18.2 Å². The van der Waals surface area contributed by atoms with Crippen molar-refractivity contribution in [1.82, 2.24) is 9.88 Å². The lowest BCUT2D eigenvalue weighted by molar-refractivity contribution is -0.0746. The first-order chi connectivity index (χ1) is 9.87. The molecular weight excluding hydrogens is 300 g/mol. The minimum atomic E-state index is -3.74. The summed E-state index contributed by atoms with van der Waals surface area (Å²) in [5.41, 5.74) is 0.375. The van der Waals surface area contributed by atoms with Gasteiger partial charge in [-0.05, 0) is 12.1 Å². The molecule has 1 aromatic rings. The Morgan fingerprint density at radius 2 is 2.33 bits per heavy atom. The second kappa shape index (κ2) is 6.37. The van der Waals surface area contributed by atoms with Gasteiger partial charge in [-0.15, -0.1) is 0 Å². The van der Waals surface area contributed by atoms with E-state index in [2.05, 4.69) is 4.98 Å². The van der Waals surface area contributed by atoms with Gasteiger partial charge in [0.15, 0.2) is 0 Å². The Morgan fingerprint density at radius 3 is 2.90 bits per heavy atom. The summed E-state index contributed by atoms with van der Waals surface area (Å²) in [6.45, 7) is 0.430. The Morgan fingerprint density at radius 1 is 1.57 bits per heavy atom. The van der Waals surface area contributed by atoms with Crippen LogP contribution in [0.15, 0.2) is 24.4 Å². The van der Waals surface area contributed by atoms with Gasteiger partial charge in [-0.3, -0.25) is 9.17 Å². The average Bonchev–Trinajstić information content (AvgIpc) is 2.45. The first kappa shape index (κ1) is 15.7. The van der Waals surface area contributed by atoms with Gasteiger partial charge < -0.3 is 14.7 Å². The molecule has 0 unspecified atom stereocenters. The Labute approximate surface area is 122 Å². The SMILES string of the molecule is CS(=O)(=O)O[C@H](c1ccccn1)[C@@H]1CN(C(=O)O)CCO1. The molecule has 1 amide bonds. The Balaban J connectivity index is 2.25. The summed E-state index contributed by atoms with van der Waals surface area (Å²) in [5, 5.41) is 9.04. The number of pyridine rings is 1. The molecule has 1 aliphatic heterocycles. The number of ether oxygens (including phenoxy) is 1. The molecule has 0 saturated carbocycles. The predicted octanol–water partition coefficient (Wildman–Crippen LogP) is 0.478. The molecule has 2 atom stereocenters. The summed E-state index contributed by atoms with van der Waals surface area (Å²) in [7, 11) is -3.74. The zero-order valence-electron chi connectivity index (χ0n) is 11.4. The molecule has 1 aliphatic rings. The smallest absolute Gasteiger partial charge is 0.407 e. The van der Waals surface area contributed by atoms with Gasteiger partial charge in [0, 0.05) is 12.7 Å². The van der Waals surface area contributed by atoms with Crippen LogP contribution >= 0.6 is 0 Å². The molecule has 0 bridgehead atoms. The van der Waals surface area contributed by atoms with Crippen LogP contribution in [0.3, 0.4) is 0 Å². The van der Waals surface area contributed by atoms with Crippen LogP contribution in [0.5, 0.6) is 0 Å². The van der Waals surface area contributed by atoms with E-state index < -0.39 is 28.4 Å². The summed E-state index contributed by atoms with van der Waals surface area (Å²) in [5.74, 6) is 0. The van der Waals surface area contributed by atoms with Crippen molar-refractivity contribution in [2.24, 2.45) is 0 Å². The van der Waals surface area contributed by atoms with Crippen molar-refractivity contribution in [3.63, 3.8) is 0 Å². The molecule has 1 saturated heterocycles. The fraction of sp³-hybridized carbons (Fsp3) is 0.500. The molecule has 21 heavy (non-hydrogen) atoms. The number of hydrogen-bond acceptors (Lipinski definition) is 6. The Kier molecular flexibility index (Phi) is 4.76. The quantitative estimate of drug-likeness (QED) is 0.805. The number of hydrogen-bond donors (Lipinski definition) is 1. The average molecular weight is 316 g/mol. The minimum Gasteiger partial charge on any atom is -0.465 e. The summed E-state index contributed by atoms with van der Waals surface area (Å²) in [6.07, 6.45) is -0.364. The first-order valence-electron chi connectivity index (χ1n) is 6.25.